The van der Waals surface area contributed by atoms with Crippen molar-refractivity contribution in [2.75, 3.05) is 5.32 Å². The Kier molecular flexibility index (Phi) is 6.62. The number of hydrogen-bond donors (Lipinski definition) is 1. The van der Waals surface area contributed by atoms with E-state index in [0.717, 1.165) is 11.3 Å². The van der Waals surface area contributed by atoms with Gasteiger partial charge in [0, 0.05) is 17.3 Å². The average molecular weight is 480 g/mol. The van der Waals surface area contributed by atoms with Gasteiger partial charge in [0.05, 0.1) is 27.8 Å². The highest BCUT2D eigenvalue weighted by atomic mass is 35.5. The standard InChI is InChI=1S/C25H22ClN3O3S/c1-18(25(30)27-23-15-9-8-14-22(23)26)33(31,32)17-20-16-29(21-12-6-3-7-13-21)28-24(20)19-10-4-2-5-11-19/h2-16,18H,17H2,1H3,(H,27,30)/t18-/m0/s1. The number of nitrogens with one attached hydrogen (secondary N) is 1. The quantitative estimate of drug-likeness (QED) is 0.398. The van der Waals surface area contributed by atoms with Crippen LogP contribution in [-0.2, 0) is 20.4 Å². The zero-order chi connectivity index (χ0) is 23.4. The number of sulfone groups is 1. The lowest BCUT2D eigenvalue weighted by molar-refractivity contribution is -0.115. The van der Waals surface area contributed by atoms with Crippen molar-refractivity contribution >= 4 is 33.0 Å². The molecule has 0 saturated carbocycles. The summed E-state index contributed by atoms with van der Waals surface area (Å²) in [6.07, 6.45) is 1.70. The third kappa shape index (κ3) is 5.16. The second kappa shape index (κ2) is 9.60. The van der Waals surface area contributed by atoms with Crippen LogP contribution in [0.25, 0.3) is 16.9 Å². The van der Waals surface area contributed by atoms with Crippen molar-refractivity contribution in [3.05, 3.63) is 102 Å². The first kappa shape index (κ1) is 22.8. The fraction of sp³-hybridized carbons (Fsp3) is 0.120. The van der Waals surface area contributed by atoms with Crippen LogP contribution in [0.3, 0.4) is 0 Å². The number of para-hydroxylation sites is 2. The summed E-state index contributed by atoms with van der Waals surface area (Å²) in [5.74, 6) is -0.971. The summed E-state index contributed by atoms with van der Waals surface area (Å²) >= 11 is 6.09. The number of nitrogens with zero attached hydrogens (tertiary/aromatic N) is 2. The summed E-state index contributed by atoms with van der Waals surface area (Å²) in [7, 11) is -3.85. The highest BCUT2D eigenvalue weighted by molar-refractivity contribution is 7.92. The molecule has 1 heterocycles. The molecule has 0 aliphatic rings. The smallest absolute Gasteiger partial charge is 0.242 e. The minimum absolute atomic E-state index is 0.332. The molecule has 0 unspecified atom stereocenters. The van der Waals surface area contributed by atoms with Gasteiger partial charge in [0.2, 0.25) is 5.91 Å². The van der Waals surface area contributed by atoms with Gasteiger partial charge in [-0.3, -0.25) is 4.79 Å². The van der Waals surface area contributed by atoms with Gasteiger partial charge in [-0.05, 0) is 31.2 Å². The van der Waals surface area contributed by atoms with Crippen LogP contribution in [0, 0.1) is 0 Å². The molecule has 33 heavy (non-hydrogen) atoms. The topological polar surface area (TPSA) is 81.1 Å². The van der Waals surface area contributed by atoms with E-state index in [1.54, 1.807) is 35.1 Å². The van der Waals surface area contributed by atoms with Gasteiger partial charge in [-0.25, -0.2) is 13.1 Å². The maximum absolute atomic E-state index is 13.2. The molecule has 1 atom stereocenters. The first-order valence-electron chi connectivity index (χ1n) is 10.3. The molecule has 1 aromatic heterocycles. The Balaban J connectivity index is 1.64. The van der Waals surface area contributed by atoms with E-state index in [-0.39, 0.29) is 5.75 Å². The molecule has 0 aliphatic heterocycles. The van der Waals surface area contributed by atoms with Crippen LogP contribution in [-0.4, -0.2) is 29.4 Å². The van der Waals surface area contributed by atoms with Gasteiger partial charge in [-0.15, -0.1) is 0 Å². The van der Waals surface area contributed by atoms with Crippen LogP contribution < -0.4 is 5.32 Å². The zero-order valence-corrected chi connectivity index (χ0v) is 19.4. The molecule has 4 aromatic rings. The number of halogens is 1. The van der Waals surface area contributed by atoms with Crippen molar-refractivity contribution in [1.29, 1.82) is 0 Å². The Bertz CT molecular complexity index is 1370. The van der Waals surface area contributed by atoms with E-state index in [0.29, 0.717) is 22.0 Å². The maximum atomic E-state index is 13.2. The second-order valence-corrected chi connectivity index (χ2v) is 10.3. The van der Waals surface area contributed by atoms with E-state index in [4.69, 9.17) is 11.6 Å². The van der Waals surface area contributed by atoms with Crippen LogP contribution in [0.1, 0.15) is 12.5 Å². The number of carbonyl (C=O) groups excluding carboxylic acids is 1. The molecule has 0 bridgehead atoms. The SMILES string of the molecule is C[C@@H](C(=O)Nc1ccccc1Cl)S(=O)(=O)Cc1cn(-c2ccccc2)nc1-c1ccccc1. The second-order valence-electron chi connectivity index (χ2n) is 7.57. The lowest BCUT2D eigenvalue weighted by atomic mass is 10.1. The van der Waals surface area contributed by atoms with Gasteiger partial charge in [-0.1, -0.05) is 72.3 Å². The molecule has 8 heteroatoms. The molecule has 0 spiro atoms. The number of anilines is 1. The highest BCUT2D eigenvalue weighted by Crippen LogP contribution is 2.27. The molecule has 1 amide bonds. The Morgan fingerprint density at radius 2 is 1.58 bits per heavy atom. The first-order valence-corrected chi connectivity index (χ1v) is 12.4. The Morgan fingerprint density at radius 1 is 0.970 bits per heavy atom. The van der Waals surface area contributed by atoms with E-state index < -0.39 is 21.0 Å². The number of amides is 1. The van der Waals surface area contributed by atoms with E-state index in [1.807, 2.05) is 60.7 Å². The van der Waals surface area contributed by atoms with Gasteiger partial charge in [-0.2, -0.15) is 5.10 Å². The van der Waals surface area contributed by atoms with Gasteiger partial charge in [0.15, 0.2) is 9.84 Å². The summed E-state index contributed by atoms with van der Waals surface area (Å²) in [6.45, 7) is 1.38. The number of carbonyl (C=O) groups is 1. The van der Waals surface area contributed by atoms with Crippen molar-refractivity contribution in [1.82, 2.24) is 9.78 Å². The van der Waals surface area contributed by atoms with Crippen LogP contribution >= 0.6 is 11.6 Å². The minimum atomic E-state index is -3.85. The van der Waals surface area contributed by atoms with Crippen LogP contribution in [0.5, 0.6) is 0 Å². The van der Waals surface area contributed by atoms with Crippen molar-refractivity contribution in [3.8, 4) is 16.9 Å². The number of rotatable bonds is 7. The minimum Gasteiger partial charge on any atom is -0.324 e. The van der Waals surface area contributed by atoms with Crippen molar-refractivity contribution in [3.63, 3.8) is 0 Å². The van der Waals surface area contributed by atoms with E-state index in [9.17, 15) is 13.2 Å². The van der Waals surface area contributed by atoms with Gasteiger partial charge >= 0.3 is 0 Å². The van der Waals surface area contributed by atoms with Gasteiger partial charge < -0.3 is 5.32 Å². The molecule has 0 saturated heterocycles. The van der Waals surface area contributed by atoms with Gasteiger partial charge in [0.1, 0.15) is 5.25 Å². The molecular formula is C25H22ClN3O3S. The largest absolute Gasteiger partial charge is 0.324 e. The average Bonchev–Trinajstić information content (AvgIpc) is 3.24. The predicted octanol–water partition coefficient (Wildman–Crippen LogP) is 5.13. The van der Waals surface area contributed by atoms with E-state index >= 15 is 0 Å². The van der Waals surface area contributed by atoms with E-state index in [1.165, 1.54) is 6.92 Å². The Morgan fingerprint density at radius 3 is 2.24 bits per heavy atom. The molecule has 0 radical (unpaired) electrons. The van der Waals surface area contributed by atoms with Crippen LogP contribution in [0.15, 0.2) is 91.1 Å². The number of aromatic nitrogens is 2. The first-order chi connectivity index (χ1) is 15.8. The van der Waals surface area contributed by atoms with E-state index in [2.05, 4.69) is 10.4 Å². The van der Waals surface area contributed by atoms with Gasteiger partial charge in [0.25, 0.3) is 0 Å². The highest BCUT2D eigenvalue weighted by Gasteiger charge is 2.30. The molecule has 3 aromatic carbocycles. The summed E-state index contributed by atoms with van der Waals surface area (Å²) in [5.41, 5.74) is 3.05. The third-order valence-corrected chi connectivity index (χ3v) is 7.59. The number of hydrogen-bond acceptors (Lipinski definition) is 4. The molecule has 168 valence electrons. The van der Waals surface area contributed by atoms with Crippen LogP contribution in [0.4, 0.5) is 5.69 Å². The Labute approximate surface area is 197 Å². The van der Waals surface area contributed by atoms with Crippen molar-refractivity contribution < 1.29 is 13.2 Å². The fourth-order valence-corrected chi connectivity index (χ4v) is 4.83. The van der Waals surface area contributed by atoms with Crippen molar-refractivity contribution in [2.24, 2.45) is 0 Å². The summed E-state index contributed by atoms with van der Waals surface area (Å²) in [5, 5.41) is 6.32. The fourth-order valence-electron chi connectivity index (χ4n) is 3.37. The number of benzene rings is 3. The molecule has 4 rings (SSSR count). The summed E-state index contributed by atoms with van der Waals surface area (Å²) in [4.78, 5) is 12.7. The summed E-state index contributed by atoms with van der Waals surface area (Å²) < 4.78 is 28.1. The normalized spacial score (nSPS) is 12.3. The maximum Gasteiger partial charge on any atom is 0.242 e. The lowest BCUT2D eigenvalue weighted by Crippen LogP contribution is -2.33. The summed E-state index contributed by atoms with van der Waals surface area (Å²) in [6, 6.07) is 25.5. The molecule has 0 aliphatic carbocycles. The Hall–Kier alpha value is -3.42. The predicted molar refractivity (Wildman–Crippen MR) is 131 cm³/mol. The lowest BCUT2D eigenvalue weighted by Gasteiger charge is -2.14. The monoisotopic (exact) mass is 479 g/mol. The molecule has 1 N–H and O–H groups in total. The van der Waals surface area contributed by atoms with Crippen LogP contribution in [0.2, 0.25) is 5.02 Å². The third-order valence-electron chi connectivity index (χ3n) is 5.25. The van der Waals surface area contributed by atoms with Crippen molar-refractivity contribution in [2.45, 2.75) is 17.9 Å². The molecule has 6 nitrogen and oxygen atoms in total. The molecular weight excluding hydrogens is 458 g/mol. The zero-order valence-electron chi connectivity index (χ0n) is 17.9. The molecule has 0 fully saturated rings.